The maximum atomic E-state index is 12.7. The zero-order valence-corrected chi connectivity index (χ0v) is 16.6. The van der Waals surface area contributed by atoms with E-state index < -0.39 is 25.9 Å². The van der Waals surface area contributed by atoms with Crippen LogP contribution >= 0.6 is 0 Å². The first-order valence-corrected chi connectivity index (χ1v) is 10.2. The molecule has 25 heavy (non-hydrogen) atoms. The number of carbonyl (C=O) groups excluding carboxylic acids is 1. The van der Waals surface area contributed by atoms with E-state index in [1.807, 2.05) is 0 Å². The van der Waals surface area contributed by atoms with E-state index >= 15 is 0 Å². The minimum absolute atomic E-state index is 0.0362. The normalized spacial score (nSPS) is 18.0. The number of hydrogen-bond acceptors (Lipinski definition) is 6. The second kappa shape index (κ2) is 7.86. The fraction of sp³-hybridized carbons (Fsp3) is 0.765. The molecule has 0 aromatic heterocycles. The van der Waals surface area contributed by atoms with Crippen LogP contribution in [0.2, 0.25) is 0 Å². The van der Waals surface area contributed by atoms with E-state index in [2.05, 4.69) is 10.6 Å². The van der Waals surface area contributed by atoms with Crippen molar-refractivity contribution in [2.75, 3.05) is 18.8 Å². The molecule has 1 rings (SSSR count). The topological polar surface area (TPSA) is 119 Å². The summed E-state index contributed by atoms with van der Waals surface area (Å²) in [6.07, 6.45) is 2.68. The van der Waals surface area contributed by atoms with Crippen molar-refractivity contribution in [2.24, 2.45) is 11.3 Å². The number of sulfone groups is 1. The lowest BCUT2D eigenvalue weighted by Gasteiger charge is -2.28. The van der Waals surface area contributed by atoms with E-state index in [9.17, 15) is 18.3 Å². The molecule has 0 aromatic carbocycles. The molecular formula is C17H31N3O4S. The van der Waals surface area contributed by atoms with Crippen LogP contribution in [0.1, 0.15) is 47.5 Å². The molecule has 0 atom stereocenters. The number of nitrogens with one attached hydrogen (secondary N) is 3. The Bertz CT molecular complexity index is 639. The van der Waals surface area contributed by atoms with Gasteiger partial charge in [0.25, 0.3) is 0 Å². The predicted octanol–water partition coefficient (Wildman–Crippen LogP) is 1.76. The Morgan fingerprint density at radius 1 is 1.24 bits per heavy atom. The van der Waals surface area contributed by atoms with Gasteiger partial charge < -0.3 is 15.7 Å². The van der Waals surface area contributed by atoms with Crippen LogP contribution in [0.4, 0.5) is 0 Å². The molecule has 1 aliphatic heterocycles. The highest BCUT2D eigenvalue weighted by Gasteiger charge is 2.43. The minimum Gasteiger partial charge on any atom is -0.512 e. The average Bonchev–Trinajstić information content (AvgIpc) is 2.46. The first-order chi connectivity index (χ1) is 11.3. The summed E-state index contributed by atoms with van der Waals surface area (Å²) in [5.41, 5.74) is -0.562. The van der Waals surface area contributed by atoms with Crippen molar-refractivity contribution in [3.05, 3.63) is 11.8 Å². The second-order valence-corrected chi connectivity index (χ2v) is 10.7. The molecule has 0 saturated carbocycles. The van der Waals surface area contributed by atoms with Crippen molar-refractivity contribution >= 4 is 21.6 Å². The van der Waals surface area contributed by atoms with Crippen LogP contribution in [-0.4, -0.2) is 48.9 Å². The van der Waals surface area contributed by atoms with Gasteiger partial charge in [-0.2, -0.15) is 0 Å². The molecule has 0 radical (unpaired) electrons. The molecule has 1 fully saturated rings. The number of amidine groups is 1. The summed E-state index contributed by atoms with van der Waals surface area (Å²) >= 11 is 0. The summed E-state index contributed by atoms with van der Waals surface area (Å²) in [6.45, 7) is 9.59. The lowest BCUT2D eigenvalue weighted by Crippen LogP contribution is -2.51. The molecule has 4 N–H and O–H groups in total. The Labute approximate surface area is 150 Å². The minimum atomic E-state index is -3.68. The van der Waals surface area contributed by atoms with E-state index in [0.717, 1.165) is 32.0 Å². The summed E-state index contributed by atoms with van der Waals surface area (Å²) in [4.78, 5) is 12.4. The van der Waals surface area contributed by atoms with Crippen molar-refractivity contribution in [3.63, 3.8) is 0 Å². The average molecular weight is 374 g/mol. The molecule has 1 aliphatic rings. The Morgan fingerprint density at radius 2 is 1.76 bits per heavy atom. The van der Waals surface area contributed by atoms with Crippen molar-refractivity contribution in [3.8, 4) is 0 Å². The summed E-state index contributed by atoms with van der Waals surface area (Å²) in [5, 5.41) is 23.2. The Hall–Kier alpha value is -1.41. The van der Waals surface area contributed by atoms with Gasteiger partial charge in [-0.05, 0) is 45.7 Å². The zero-order chi connectivity index (χ0) is 19.5. The van der Waals surface area contributed by atoms with Crippen molar-refractivity contribution < 1.29 is 18.3 Å². The molecule has 0 spiro atoms. The molecule has 1 amide bonds. The molecule has 1 saturated heterocycles. The lowest BCUT2D eigenvalue weighted by molar-refractivity contribution is -0.121. The third-order valence-electron chi connectivity index (χ3n) is 4.54. The molecule has 8 heteroatoms. The summed E-state index contributed by atoms with van der Waals surface area (Å²) < 4.78 is 23.8. The summed E-state index contributed by atoms with van der Waals surface area (Å²) in [7, 11) is -3.68. The third-order valence-corrected chi connectivity index (χ3v) is 7.19. The number of aliphatic hydroxyl groups is 1. The fourth-order valence-corrected chi connectivity index (χ4v) is 4.07. The monoisotopic (exact) mass is 373 g/mol. The third kappa shape index (κ3) is 5.81. The van der Waals surface area contributed by atoms with Gasteiger partial charge in [-0.15, -0.1) is 0 Å². The number of aliphatic hydroxyl groups excluding tert-OH is 1. The molecule has 7 nitrogen and oxygen atoms in total. The van der Waals surface area contributed by atoms with Gasteiger partial charge in [0.15, 0.2) is 9.84 Å². The lowest BCUT2D eigenvalue weighted by atomic mass is 9.93. The van der Waals surface area contributed by atoms with Gasteiger partial charge in [0.2, 0.25) is 5.91 Å². The van der Waals surface area contributed by atoms with Gasteiger partial charge in [-0.3, -0.25) is 10.2 Å². The van der Waals surface area contributed by atoms with Crippen LogP contribution in [0.25, 0.3) is 0 Å². The van der Waals surface area contributed by atoms with Crippen LogP contribution in [0, 0.1) is 16.7 Å². The number of amides is 1. The predicted molar refractivity (Wildman–Crippen MR) is 99.5 cm³/mol. The van der Waals surface area contributed by atoms with E-state index in [-0.39, 0.29) is 23.3 Å². The van der Waals surface area contributed by atoms with Crippen LogP contribution in [0.5, 0.6) is 0 Å². The fourth-order valence-electron chi connectivity index (χ4n) is 2.37. The van der Waals surface area contributed by atoms with Gasteiger partial charge in [0, 0.05) is 11.5 Å². The molecule has 0 bridgehead atoms. The molecule has 0 aromatic rings. The molecule has 0 unspecified atom stereocenters. The molecule has 0 aliphatic carbocycles. The SMILES string of the molecule is CC(C)(C)/C(O)=C/C(=N)NC(=O)C(C)(C)S(=O)(=O)CC1CCNCC1. The highest BCUT2D eigenvalue weighted by Crippen LogP contribution is 2.24. The van der Waals surface area contributed by atoms with Gasteiger partial charge in [-0.25, -0.2) is 8.42 Å². The standard InChI is InChI=1S/C17H31N3O4S/c1-16(2,3)13(21)10-14(18)20-15(22)17(4,5)25(23,24)11-12-6-8-19-9-7-12/h10,12,19,21H,6-9,11H2,1-5H3,(H2,18,20,22)/b13-10-. The Morgan fingerprint density at radius 3 is 2.24 bits per heavy atom. The van der Waals surface area contributed by atoms with Crippen LogP contribution < -0.4 is 10.6 Å². The van der Waals surface area contributed by atoms with Crippen LogP contribution in [0.3, 0.4) is 0 Å². The van der Waals surface area contributed by atoms with Crippen molar-refractivity contribution in [1.82, 2.24) is 10.6 Å². The highest BCUT2D eigenvalue weighted by atomic mass is 32.2. The highest BCUT2D eigenvalue weighted by molar-refractivity contribution is 7.93. The van der Waals surface area contributed by atoms with E-state index in [0.29, 0.717) is 0 Å². The maximum Gasteiger partial charge on any atom is 0.246 e. The molecular weight excluding hydrogens is 342 g/mol. The largest absolute Gasteiger partial charge is 0.512 e. The zero-order valence-electron chi connectivity index (χ0n) is 15.8. The van der Waals surface area contributed by atoms with E-state index in [4.69, 9.17) is 5.41 Å². The number of rotatable bonds is 5. The van der Waals surface area contributed by atoms with E-state index in [1.165, 1.54) is 13.8 Å². The van der Waals surface area contributed by atoms with Gasteiger partial charge in [0.1, 0.15) is 16.3 Å². The quantitative estimate of drug-likeness (QED) is 0.333. The van der Waals surface area contributed by atoms with Gasteiger partial charge >= 0.3 is 0 Å². The number of hydrogen-bond donors (Lipinski definition) is 4. The van der Waals surface area contributed by atoms with Crippen LogP contribution in [0.15, 0.2) is 11.8 Å². The number of piperidine rings is 1. The van der Waals surface area contributed by atoms with Gasteiger partial charge in [0.05, 0.1) is 5.75 Å². The first kappa shape index (κ1) is 21.6. The Balaban J connectivity index is 2.82. The summed E-state index contributed by atoms with van der Waals surface area (Å²) in [6, 6.07) is 0. The smallest absolute Gasteiger partial charge is 0.246 e. The Kier molecular flexibility index (Phi) is 6.81. The first-order valence-electron chi connectivity index (χ1n) is 8.51. The number of carbonyl (C=O) groups is 1. The van der Waals surface area contributed by atoms with Gasteiger partial charge in [-0.1, -0.05) is 20.8 Å². The van der Waals surface area contributed by atoms with Crippen molar-refractivity contribution in [1.29, 1.82) is 5.41 Å². The maximum absolute atomic E-state index is 12.7. The second-order valence-electron chi connectivity index (χ2n) is 8.13. The van der Waals surface area contributed by atoms with E-state index in [1.54, 1.807) is 20.8 Å². The van der Waals surface area contributed by atoms with Crippen molar-refractivity contribution in [2.45, 2.75) is 52.2 Å². The number of allylic oxidation sites excluding steroid dienone is 1. The van der Waals surface area contributed by atoms with Crippen LogP contribution in [-0.2, 0) is 14.6 Å². The molecule has 144 valence electrons. The molecule has 1 heterocycles. The summed E-state index contributed by atoms with van der Waals surface area (Å²) in [5.74, 6) is -1.14.